The Morgan fingerprint density at radius 1 is 1.60 bits per heavy atom. The number of amides is 1. The number of nitrogens with one attached hydrogen (secondary N) is 1. The number of hydrogen-bond acceptors (Lipinski definition) is 3. The van der Waals surface area contributed by atoms with Crippen molar-refractivity contribution in [3.8, 4) is 0 Å². The lowest BCUT2D eigenvalue weighted by Crippen LogP contribution is -2.49. The summed E-state index contributed by atoms with van der Waals surface area (Å²) < 4.78 is 37.0. The average Bonchev–Trinajstić information content (AvgIpc) is 2.81. The molecule has 2 rings (SSSR count). The third-order valence-corrected chi connectivity index (χ3v) is 3.56. The summed E-state index contributed by atoms with van der Waals surface area (Å²) in [5.41, 5.74) is 1.92. The molecule has 5 nitrogen and oxygen atoms in total. The molecule has 0 fully saturated rings. The lowest BCUT2D eigenvalue weighted by atomic mass is 10.1. The van der Waals surface area contributed by atoms with Crippen LogP contribution in [0.25, 0.3) is 0 Å². The molecular weight excluding hydrogens is 273 g/mol. The van der Waals surface area contributed by atoms with Gasteiger partial charge in [-0.3, -0.25) is 14.8 Å². The molecule has 1 N–H and O–H groups in total. The predicted octanol–water partition coefficient (Wildman–Crippen LogP) is 1.18. The molecular formula is C12H17F3N4O. The smallest absolute Gasteiger partial charge is 0.336 e. The molecule has 0 aliphatic carbocycles. The Kier molecular flexibility index (Phi) is 4.03. The van der Waals surface area contributed by atoms with E-state index in [1.54, 1.807) is 11.1 Å². The Morgan fingerprint density at radius 2 is 2.30 bits per heavy atom. The van der Waals surface area contributed by atoms with E-state index in [0.717, 1.165) is 16.2 Å². The van der Waals surface area contributed by atoms with Gasteiger partial charge in [0.05, 0.1) is 18.8 Å². The van der Waals surface area contributed by atoms with E-state index in [-0.39, 0.29) is 5.91 Å². The molecule has 1 aliphatic rings. The molecule has 8 heteroatoms. The Hall–Kier alpha value is -1.57. The summed E-state index contributed by atoms with van der Waals surface area (Å²) in [5, 5.41) is 6.76. The highest BCUT2D eigenvalue weighted by Gasteiger charge is 2.34. The standard InChI is InChI=1S/C12H17F3N4O/c1-8(18(2)7-12(13,14)15)11(20)19-4-3-10-9(6-19)5-16-17-10/h5,8H,3-4,6-7H2,1-2H3,(H,16,17). The van der Waals surface area contributed by atoms with Gasteiger partial charge in [0.25, 0.3) is 0 Å². The van der Waals surface area contributed by atoms with Crippen LogP contribution in [-0.4, -0.2) is 58.3 Å². The molecule has 1 aliphatic heterocycles. The van der Waals surface area contributed by atoms with Gasteiger partial charge in [-0.15, -0.1) is 0 Å². The second kappa shape index (κ2) is 5.43. The SMILES string of the molecule is CC(C(=O)N1CCc2[nH]ncc2C1)N(C)CC(F)(F)F. The Balaban J connectivity index is 1.98. The number of aromatic nitrogens is 2. The fourth-order valence-corrected chi connectivity index (χ4v) is 2.28. The number of carbonyl (C=O) groups excluding carboxylic acids is 1. The highest BCUT2D eigenvalue weighted by molar-refractivity contribution is 5.81. The van der Waals surface area contributed by atoms with Crippen molar-refractivity contribution < 1.29 is 18.0 Å². The summed E-state index contributed by atoms with van der Waals surface area (Å²) in [6.07, 6.45) is -2.00. The fourth-order valence-electron chi connectivity index (χ4n) is 2.28. The van der Waals surface area contributed by atoms with Crippen molar-refractivity contribution >= 4 is 5.91 Å². The topological polar surface area (TPSA) is 52.2 Å². The van der Waals surface area contributed by atoms with Gasteiger partial charge in [-0.25, -0.2) is 0 Å². The normalized spacial score (nSPS) is 17.2. The quantitative estimate of drug-likeness (QED) is 0.909. The number of rotatable bonds is 3. The van der Waals surface area contributed by atoms with Crippen LogP contribution in [0.1, 0.15) is 18.2 Å². The molecule has 1 aromatic heterocycles. The summed E-state index contributed by atoms with van der Waals surface area (Å²) in [6.45, 7) is 1.30. The molecule has 1 aromatic rings. The second-order valence-corrected chi connectivity index (χ2v) is 5.09. The van der Waals surface area contributed by atoms with Gasteiger partial charge in [0.15, 0.2) is 0 Å². The number of nitrogens with zero attached hydrogens (tertiary/aromatic N) is 3. The zero-order valence-electron chi connectivity index (χ0n) is 11.4. The van der Waals surface area contributed by atoms with Crippen LogP contribution in [0.15, 0.2) is 6.20 Å². The van der Waals surface area contributed by atoms with E-state index in [0.29, 0.717) is 19.5 Å². The zero-order chi connectivity index (χ0) is 14.9. The summed E-state index contributed by atoms with van der Waals surface area (Å²) in [5.74, 6) is -0.288. The van der Waals surface area contributed by atoms with Gasteiger partial charge in [-0.2, -0.15) is 18.3 Å². The summed E-state index contributed by atoms with van der Waals surface area (Å²) in [4.78, 5) is 14.8. The molecule has 0 saturated carbocycles. The van der Waals surface area contributed by atoms with Gasteiger partial charge in [0.2, 0.25) is 5.91 Å². The largest absolute Gasteiger partial charge is 0.401 e. The first kappa shape index (κ1) is 14.8. The van der Waals surface area contributed by atoms with Gasteiger partial charge < -0.3 is 4.90 Å². The van der Waals surface area contributed by atoms with Crippen LogP contribution in [0.3, 0.4) is 0 Å². The molecule has 0 aromatic carbocycles. The van der Waals surface area contributed by atoms with Gasteiger partial charge in [0.1, 0.15) is 0 Å². The van der Waals surface area contributed by atoms with Crippen LogP contribution < -0.4 is 0 Å². The molecule has 20 heavy (non-hydrogen) atoms. The Bertz CT molecular complexity index is 485. The Labute approximate surface area is 114 Å². The van der Waals surface area contributed by atoms with E-state index < -0.39 is 18.8 Å². The van der Waals surface area contributed by atoms with Crippen molar-refractivity contribution in [1.29, 1.82) is 0 Å². The van der Waals surface area contributed by atoms with Crippen molar-refractivity contribution in [2.45, 2.75) is 32.1 Å². The van der Waals surface area contributed by atoms with Crippen LogP contribution in [0.5, 0.6) is 0 Å². The number of likely N-dealkylation sites (N-methyl/N-ethyl adjacent to an activating group) is 1. The highest BCUT2D eigenvalue weighted by Crippen LogP contribution is 2.20. The van der Waals surface area contributed by atoms with E-state index in [9.17, 15) is 18.0 Å². The molecule has 0 saturated heterocycles. The van der Waals surface area contributed by atoms with E-state index >= 15 is 0 Å². The first-order chi connectivity index (χ1) is 9.28. The lowest BCUT2D eigenvalue weighted by molar-refractivity contribution is -0.155. The molecule has 1 amide bonds. The average molecular weight is 290 g/mol. The molecule has 0 spiro atoms. The van der Waals surface area contributed by atoms with E-state index in [1.807, 2.05) is 0 Å². The monoisotopic (exact) mass is 290 g/mol. The van der Waals surface area contributed by atoms with Gasteiger partial charge in [0, 0.05) is 30.8 Å². The first-order valence-corrected chi connectivity index (χ1v) is 6.35. The second-order valence-electron chi connectivity index (χ2n) is 5.09. The number of hydrogen-bond donors (Lipinski definition) is 1. The van der Waals surface area contributed by atoms with Gasteiger partial charge in [-0.1, -0.05) is 0 Å². The number of fused-ring (bicyclic) bond motifs is 1. The summed E-state index contributed by atoms with van der Waals surface area (Å²) in [7, 11) is 1.31. The zero-order valence-corrected chi connectivity index (χ0v) is 11.4. The predicted molar refractivity (Wildman–Crippen MR) is 65.9 cm³/mol. The van der Waals surface area contributed by atoms with Gasteiger partial charge >= 0.3 is 6.18 Å². The van der Waals surface area contributed by atoms with Gasteiger partial charge in [-0.05, 0) is 14.0 Å². The minimum atomic E-state index is -4.30. The van der Waals surface area contributed by atoms with E-state index in [2.05, 4.69) is 10.2 Å². The molecule has 0 radical (unpaired) electrons. The molecule has 1 unspecified atom stereocenters. The molecule has 2 heterocycles. The maximum Gasteiger partial charge on any atom is 0.401 e. The fraction of sp³-hybridized carbons (Fsp3) is 0.667. The molecule has 112 valence electrons. The van der Waals surface area contributed by atoms with Crippen LogP contribution in [0.4, 0.5) is 13.2 Å². The Morgan fingerprint density at radius 3 is 2.95 bits per heavy atom. The maximum absolute atomic E-state index is 12.3. The van der Waals surface area contributed by atoms with Crippen LogP contribution in [0, 0.1) is 0 Å². The number of H-pyrrole nitrogens is 1. The van der Waals surface area contributed by atoms with E-state index in [1.165, 1.54) is 14.0 Å². The maximum atomic E-state index is 12.3. The molecule has 1 atom stereocenters. The van der Waals surface area contributed by atoms with Crippen molar-refractivity contribution in [2.24, 2.45) is 0 Å². The van der Waals surface area contributed by atoms with Crippen LogP contribution in [-0.2, 0) is 17.8 Å². The van der Waals surface area contributed by atoms with Crippen LogP contribution in [0.2, 0.25) is 0 Å². The third kappa shape index (κ3) is 3.30. The number of halogens is 3. The minimum absolute atomic E-state index is 0.288. The lowest BCUT2D eigenvalue weighted by Gasteiger charge is -2.32. The summed E-state index contributed by atoms with van der Waals surface area (Å²) in [6, 6.07) is -0.801. The minimum Gasteiger partial charge on any atom is -0.336 e. The number of alkyl halides is 3. The third-order valence-electron chi connectivity index (χ3n) is 3.56. The highest BCUT2D eigenvalue weighted by atomic mass is 19.4. The van der Waals surface area contributed by atoms with Crippen LogP contribution >= 0.6 is 0 Å². The first-order valence-electron chi connectivity index (χ1n) is 6.35. The van der Waals surface area contributed by atoms with Crippen molar-refractivity contribution in [3.05, 3.63) is 17.5 Å². The number of carbonyl (C=O) groups is 1. The van der Waals surface area contributed by atoms with E-state index in [4.69, 9.17) is 0 Å². The molecule has 0 bridgehead atoms. The van der Waals surface area contributed by atoms with Crippen molar-refractivity contribution in [1.82, 2.24) is 20.0 Å². The van der Waals surface area contributed by atoms with Crippen molar-refractivity contribution in [3.63, 3.8) is 0 Å². The number of aromatic amines is 1. The summed E-state index contributed by atoms with van der Waals surface area (Å²) >= 11 is 0. The van der Waals surface area contributed by atoms with Crippen molar-refractivity contribution in [2.75, 3.05) is 20.1 Å².